The highest BCUT2D eigenvalue weighted by Crippen LogP contribution is 2.30. The molecule has 1 unspecified atom stereocenters. The fourth-order valence-corrected chi connectivity index (χ4v) is 4.17. The van der Waals surface area contributed by atoms with Gasteiger partial charge in [-0.2, -0.15) is 23.5 Å². The molecule has 0 aliphatic heterocycles. The molecule has 0 spiro atoms. The molecule has 2 N–H and O–H groups in total. The Bertz CT molecular complexity index is 1470. The number of carbonyl (C=O) groups excluding carboxylic acids is 1. The zero-order chi connectivity index (χ0) is 28.0. The number of nitrogens with one attached hydrogen (secondary N) is 2. The van der Waals surface area contributed by atoms with Crippen LogP contribution in [0.25, 0.3) is 5.69 Å². The fourth-order valence-electron chi connectivity index (χ4n) is 4.17. The number of rotatable bonds is 9. The molecule has 6 nitrogen and oxygen atoms in total. The number of nitriles is 1. The third-order valence-electron chi connectivity index (χ3n) is 6.13. The summed E-state index contributed by atoms with van der Waals surface area (Å²) in [6.07, 6.45) is -3.77. The van der Waals surface area contributed by atoms with Crippen molar-refractivity contribution in [2.45, 2.75) is 32.5 Å². The van der Waals surface area contributed by atoms with Gasteiger partial charge in [0.1, 0.15) is 5.69 Å². The second kappa shape index (κ2) is 12.0. The number of amides is 1. The summed E-state index contributed by atoms with van der Waals surface area (Å²) in [7, 11) is 0. The average Bonchev–Trinajstić information content (AvgIpc) is 3.38. The van der Waals surface area contributed by atoms with Gasteiger partial charge < -0.3 is 10.6 Å². The summed E-state index contributed by atoms with van der Waals surface area (Å²) < 4.78 is 41.5. The van der Waals surface area contributed by atoms with Crippen LogP contribution in [0.5, 0.6) is 0 Å². The molecule has 0 fully saturated rings. The van der Waals surface area contributed by atoms with Gasteiger partial charge in [0.2, 0.25) is 0 Å². The summed E-state index contributed by atoms with van der Waals surface area (Å²) in [5.74, 6) is -0.235. The van der Waals surface area contributed by atoms with Crippen LogP contribution in [0, 0.1) is 17.2 Å². The van der Waals surface area contributed by atoms with Gasteiger partial charge >= 0.3 is 6.18 Å². The molecule has 1 heterocycles. The van der Waals surface area contributed by atoms with Crippen molar-refractivity contribution < 1.29 is 18.0 Å². The molecule has 1 atom stereocenters. The van der Waals surface area contributed by atoms with Crippen LogP contribution >= 0.6 is 0 Å². The summed E-state index contributed by atoms with van der Waals surface area (Å²) in [5.41, 5.74) is 1.26. The predicted octanol–water partition coefficient (Wildman–Crippen LogP) is 6.74. The van der Waals surface area contributed by atoms with E-state index in [0.717, 1.165) is 28.8 Å². The van der Waals surface area contributed by atoms with Crippen LogP contribution in [-0.2, 0) is 6.18 Å². The van der Waals surface area contributed by atoms with Crippen molar-refractivity contribution >= 4 is 11.6 Å². The zero-order valence-electron chi connectivity index (χ0n) is 21.5. The summed E-state index contributed by atoms with van der Waals surface area (Å²) in [4.78, 5) is 13.3. The van der Waals surface area contributed by atoms with Gasteiger partial charge in [0.15, 0.2) is 5.69 Å². The lowest BCUT2D eigenvalue weighted by Gasteiger charge is -2.21. The Labute approximate surface area is 225 Å². The van der Waals surface area contributed by atoms with E-state index in [9.17, 15) is 23.2 Å². The molecule has 0 aliphatic rings. The van der Waals surface area contributed by atoms with Gasteiger partial charge in [-0.05, 0) is 60.3 Å². The maximum absolute atomic E-state index is 13.5. The average molecular weight is 532 g/mol. The lowest BCUT2D eigenvalue weighted by Crippen LogP contribution is -2.24. The number of nitrogens with zero attached hydrogens (tertiary/aromatic N) is 3. The molecule has 0 aliphatic carbocycles. The van der Waals surface area contributed by atoms with E-state index < -0.39 is 17.8 Å². The molecule has 0 saturated heterocycles. The number of anilines is 1. The van der Waals surface area contributed by atoms with Gasteiger partial charge in [-0.3, -0.25) is 4.79 Å². The third kappa shape index (κ3) is 6.92. The number of hydrogen-bond acceptors (Lipinski definition) is 4. The quantitative estimate of drug-likeness (QED) is 0.251. The van der Waals surface area contributed by atoms with Gasteiger partial charge in [0.25, 0.3) is 5.91 Å². The summed E-state index contributed by atoms with van der Waals surface area (Å²) in [6, 6.07) is 25.5. The zero-order valence-corrected chi connectivity index (χ0v) is 21.5. The topological polar surface area (TPSA) is 82.7 Å². The molecule has 0 bridgehead atoms. The molecular weight excluding hydrogens is 503 g/mol. The maximum atomic E-state index is 13.5. The van der Waals surface area contributed by atoms with E-state index in [1.165, 1.54) is 24.3 Å². The van der Waals surface area contributed by atoms with E-state index >= 15 is 0 Å². The highest BCUT2D eigenvalue weighted by Gasteiger charge is 2.36. The van der Waals surface area contributed by atoms with Crippen LogP contribution in [0.3, 0.4) is 0 Å². The lowest BCUT2D eigenvalue weighted by atomic mass is 9.97. The van der Waals surface area contributed by atoms with Crippen LogP contribution in [0.2, 0.25) is 0 Å². The van der Waals surface area contributed by atoms with Crippen LogP contribution < -0.4 is 10.6 Å². The van der Waals surface area contributed by atoms with Gasteiger partial charge in [-0.25, -0.2) is 4.68 Å². The summed E-state index contributed by atoms with van der Waals surface area (Å²) in [6.45, 7) is 5.09. The minimum atomic E-state index is -4.75. The third-order valence-corrected chi connectivity index (χ3v) is 6.13. The first-order chi connectivity index (χ1) is 18.7. The Kier molecular flexibility index (Phi) is 8.47. The molecule has 200 valence electrons. The fraction of sp³-hybridized carbons (Fsp3) is 0.233. The number of benzene rings is 3. The first kappa shape index (κ1) is 27.6. The standard InChI is InChI=1S/C30H28F3N5O/c1-20(2)14-15-35-28(22-9-4-3-5-10-22)23-11-7-12-24(17-23)36-29(39)26-18-27(30(31,32)33)37-38(26)25-13-6-8-21(16-25)19-34/h3-13,16-18,20,28,35H,14-15H2,1-2H3,(H,36,39). The Hall–Kier alpha value is -4.42. The number of alkyl halides is 3. The van der Waals surface area contributed by atoms with Crippen LogP contribution in [0.4, 0.5) is 18.9 Å². The van der Waals surface area contributed by atoms with Crippen LogP contribution in [0.1, 0.15) is 59.2 Å². The molecule has 0 radical (unpaired) electrons. The highest BCUT2D eigenvalue weighted by molar-refractivity contribution is 6.03. The minimum absolute atomic E-state index is 0.141. The Morgan fingerprint density at radius 3 is 2.38 bits per heavy atom. The van der Waals surface area contributed by atoms with Gasteiger partial charge in [0.05, 0.1) is 23.4 Å². The van der Waals surface area contributed by atoms with Gasteiger partial charge in [0, 0.05) is 11.8 Å². The van der Waals surface area contributed by atoms with E-state index in [2.05, 4.69) is 29.6 Å². The largest absolute Gasteiger partial charge is 0.435 e. The van der Waals surface area contributed by atoms with Crippen LogP contribution in [0.15, 0.2) is 84.9 Å². The van der Waals surface area contributed by atoms with E-state index in [-0.39, 0.29) is 23.0 Å². The first-order valence-electron chi connectivity index (χ1n) is 12.5. The van der Waals surface area contributed by atoms with Crippen molar-refractivity contribution in [3.05, 3.63) is 113 Å². The second-order valence-corrected chi connectivity index (χ2v) is 9.55. The number of carbonyl (C=O) groups is 1. The van der Waals surface area contributed by atoms with Crippen LogP contribution in [-0.4, -0.2) is 22.2 Å². The first-order valence-corrected chi connectivity index (χ1v) is 12.5. The number of halogens is 3. The predicted molar refractivity (Wildman–Crippen MR) is 143 cm³/mol. The molecule has 1 amide bonds. The molecule has 9 heteroatoms. The lowest BCUT2D eigenvalue weighted by molar-refractivity contribution is -0.141. The molecule has 1 aromatic heterocycles. The van der Waals surface area contributed by atoms with E-state index in [1.807, 2.05) is 42.5 Å². The van der Waals surface area contributed by atoms with Gasteiger partial charge in [-0.15, -0.1) is 0 Å². The number of hydrogen-bond donors (Lipinski definition) is 2. The van der Waals surface area contributed by atoms with Crippen molar-refractivity contribution in [1.29, 1.82) is 5.26 Å². The molecule has 3 aromatic carbocycles. The van der Waals surface area contributed by atoms with Crippen molar-refractivity contribution in [2.24, 2.45) is 5.92 Å². The Morgan fingerprint density at radius 2 is 1.69 bits per heavy atom. The van der Waals surface area contributed by atoms with E-state index in [4.69, 9.17) is 0 Å². The summed E-state index contributed by atoms with van der Waals surface area (Å²) >= 11 is 0. The molecule has 4 aromatic rings. The maximum Gasteiger partial charge on any atom is 0.435 e. The summed E-state index contributed by atoms with van der Waals surface area (Å²) in [5, 5.41) is 19.1. The van der Waals surface area contributed by atoms with Gasteiger partial charge in [-0.1, -0.05) is 62.4 Å². The smallest absolute Gasteiger partial charge is 0.321 e. The van der Waals surface area contributed by atoms with Crippen molar-refractivity contribution in [2.75, 3.05) is 11.9 Å². The Balaban J connectivity index is 1.65. The molecule has 4 rings (SSSR count). The monoisotopic (exact) mass is 531 g/mol. The minimum Gasteiger partial charge on any atom is -0.321 e. The molecule has 39 heavy (non-hydrogen) atoms. The number of aromatic nitrogens is 2. The van der Waals surface area contributed by atoms with Crippen molar-refractivity contribution in [3.8, 4) is 11.8 Å². The second-order valence-electron chi connectivity index (χ2n) is 9.55. The van der Waals surface area contributed by atoms with E-state index in [1.54, 1.807) is 18.2 Å². The SMILES string of the molecule is CC(C)CCNC(c1ccccc1)c1cccc(NC(=O)c2cc(C(F)(F)F)nn2-c2cccc(C#N)c2)c1. The van der Waals surface area contributed by atoms with Crippen molar-refractivity contribution in [1.82, 2.24) is 15.1 Å². The van der Waals surface area contributed by atoms with E-state index in [0.29, 0.717) is 17.7 Å². The molecule has 0 saturated carbocycles. The highest BCUT2D eigenvalue weighted by atomic mass is 19.4. The molecular formula is C30H28F3N5O. The normalized spacial score (nSPS) is 12.2. The van der Waals surface area contributed by atoms with Crippen molar-refractivity contribution in [3.63, 3.8) is 0 Å². The Morgan fingerprint density at radius 1 is 0.974 bits per heavy atom.